The summed E-state index contributed by atoms with van der Waals surface area (Å²) in [7, 11) is 0. The van der Waals surface area contributed by atoms with Gasteiger partial charge in [0.2, 0.25) is 0 Å². The maximum atomic E-state index is 12.1. The van der Waals surface area contributed by atoms with Crippen LogP contribution in [0.5, 0.6) is 0 Å². The summed E-state index contributed by atoms with van der Waals surface area (Å²) in [4.78, 5) is 34.5. The van der Waals surface area contributed by atoms with Gasteiger partial charge in [-0.05, 0) is 12.5 Å². The fraction of sp³-hybridized carbons (Fsp3) is 0.375. The largest absolute Gasteiger partial charge is 0.396 e. The highest BCUT2D eigenvalue weighted by atomic mass is 35.5. The molecule has 0 spiro atoms. The first-order valence-electron chi connectivity index (χ1n) is 8.14. The number of anilines is 1. The number of halogens is 1. The van der Waals surface area contributed by atoms with Gasteiger partial charge in [-0.15, -0.1) is 11.6 Å². The van der Waals surface area contributed by atoms with Crippen molar-refractivity contribution in [3.8, 4) is 11.3 Å². The molecule has 10 heteroatoms. The zero-order chi connectivity index (χ0) is 18.3. The fourth-order valence-electron chi connectivity index (χ4n) is 3.29. The Morgan fingerprint density at radius 2 is 2.23 bits per heavy atom. The van der Waals surface area contributed by atoms with Crippen molar-refractivity contribution in [2.24, 2.45) is 5.41 Å². The second-order valence-corrected chi connectivity index (χ2v) is 6.83. The molecule has 1 unspecified atom stereocenters. The lowest BCUT2D eigenvalue weighted by molar-refractivity contribution is 0.165. The third-order valence-corrected chi connectivity index (χ3v) is 5.40. The summed E-state index contributed by atoms with van der Waals surface area (Å²) >= 11 is 6.08. The maximum Gasteiger partial charge on any atom is 0.325 e. The van der Waals surface area contributed by atoms with Gasteiger partial charge in [-0.3, -0.25) is 9.78 Å². The number of fused-ring (bicyclic) bond motifs is 1. The monoisotopic (exact) mass is 376 g/mol. The molecule has 3 aromatic heterocycles. The smallest absolute Gasteiger partial charge is 0.325 e. The van der Waals surface area contributed by atoms with E-state index < -0.39 is 11.2 Å². The van der Waals surface area contributed by atoms with E-state index in [9.17, 15) is 14.7 Å². The van der Waals surface area contributed by atoms with Crippen LogP contribution >= 0.6 is 11.6 Å². The van der Waals surface area contributed by atoms with Gasteiger partial charge in [0.05, 0.1) is 17.9 Å². The average molecular weight is 377 g/mol. The summed E-state index contributed by atoms with van der Waals surface area (Å²) in [5.41, 5.74) is 0.672. The van der Waals surface area contributed by atoms with Gasteiger partial charge in [0.15, 0.2) is 5.65 Å². The molecular weight excluding hydrogens is 360 g/mol. The molecule has 0 aliphatic carbocycles. The van der Waals surface area contributed by atoms with E-state index >= 15 is 0 Å². The lowest BCUT2D eigenvalue weighted by Crippen LogP contribution is -2.32. The van der Waals surface area contributed by atoms with E-state index in [1.807, 2.05) is 0 Å². The van der Waals surface area contributed by atoms with Crippen molar-refractivity contribution >= 4 is 22.9 Å². The van der Waals surface area contributed by atoms with Crippen molar-refractivity contribution in [3.63, 3.8) is 0 Å². The summed E-state index contributed by atoms with van der Waals surface area (Å²) in [6, 6.07) is 1.77. The number of aromatic amines is 2. The Labute approximate surface area is 152 Å². The van der Waals surface area contributed by atoms with Gasteiger partial charge in [-0.25, -0.2) is 14.3 Å². The molecule has 1 aliphatic heterocycles. The molecule has 1 aliphatic rings. The first-order valence-corrected chi connectivity index (χ1v) is 8.67. The summed E-state index contributed by atoms with van der Waals surface area (Å²) in [6.07, 6.45) is 5.43. The molecule has 26 heavy (non-hydrogen) atoms. The molecule has 3 aromatic rings. The molecule has 3 N–H and O–H groups in total. The first kappa shape index (κ1) is 16.8. The molecular formula is C16H17ClN6O3. The van der Waals surface area contributed by atoms with Gasteiger partial charge in [-0.2, -0.15) is 5.10 Å². The summed E-state index contributed by atoms with van der Waals surface area (Å²) in [5, 5.41) is 14.1. The minimum atomic E-state index is -0.572. The van der Waals surface area contributed by atoms with Gasteiger partial charge in [-0.1, -0.05) is 0 Å². The van der Waals surface area contributed by atoms with Gasteiger partial charge < -0.3 is 15.0 Å². The van der Waals surface area contributed by atoms with Crippen molar-refractivity contribution in [2.75, 3.05) is 30.5 Å². The van der Waals surface area contributed by atoms with Crippen molar-refractivity contribution in [1.29, 1.82) is 0 Å². The molecule has 0 saturated carbocycles. The normalized spacial score (nSPS) is 20.2. The Morgan fingerprint density at radius 1 is 1.38 bits per heavy atom. The Kier molecular flexibility index (Phi) is 4.04. The van der Waals surface area contributed by atoms with Crippen LogP contribution in [0.15, 0.2) is 34.2 Å². The van der Waals surface area contributed by atoms with E-state index in [1.54, 1.807) is 23.0 Å². The van der Waals surface area contributed by atoms with Crippen LogP contribution in [-0.2, 0) is 0 Å². The van der Waals surface area contributed by atoms with E-state index in [2.05, 4.69) is 25.0 Å². The van der Waals surface area contributed by atoms with Crippen LogP contribution in [-0.4, -0.2) is 55.2 Å². The minimum Gasteiger partial charge on any atom is -0.396 e. The highest BCUT2D eigenvalue weighted by Crippen LogP contribution is 2.36. The molecule has 0 aromatic carbocycles. The SMILES string of the molecule is O=c1[nH]cc(-c2cc(N3CCC(CO)(CCl)C3)c3nccn3n2)c(=O)[nH]1. The van der Waals surface area contributed by atoms with Crippen LogP contribution in [0, 0.1) is 5.41 Å². The summed E-state index contributed by atoms with van der Waals surface area (Å²) in [6.45, 7) is 1.30. The highest BCUT2D eigenvalue weighted by Gasteiger charge is 2.38. The van der Waals surface area contributed by atoms with Crippen LogP contribution in [0.1, 0.15) is 6.42 Å². The van der Waals surface area contributed by atoms with Crippen LogP contribution < -0.4 is 16.1 Å². The Morgan fingerprint density at radius 3 is 2.92 bits per heavy atom. The van der Waals surface area contributed by atoms with Gasteiger partial charge >= 0.3 is 5.69 Å². The van der Waals surface area contributed by atoms with Crippen molar-refractivity contribution in [3.05, 3.63) is 45.5 Å². The number of hydrogen-bond acceptors (Lipinski definition) is 6. The number of alkyl halides is 1. The number of hydrogen-bond donors (Lipinski definition) is 3. The highest BCUT2D eigenvalue weighted by molar-refractivity contribution is 6.18. The molecule has 0 amide bonds. The summed E-state index contributed by atoms with van der Waals surface area (Å²) in [5.74, 6) is 0.363. The Bertz CT molecular complexity index is 1070. The second kappa shape index (κ2) is 6.26. The zero-order valence-electron chi connectivity index (χ0n) is 13.8. The van der Waals surface area contributed by atoms with E-state index in [1.165, 1.54) is 6.20 Å². The number of rotatable bonds is 4. The number of aliphatic hydroxyl groups excluding tert-OH is 1. The number of nitrogens with zero attached hydrogens (tertiary/aromatic N) is 4. The minimum absolute atomic E-state index is 0.00918. The molecule has 9 nitrogen and oxygen atoms in total. The Hall–Kier alpha value is -2.65. The zero-order valence-corrected chi connectivity index (χ0v) is 14.5. The molecule has 0 radical (unpaired) electrons. The predicted octanol–water partition coefficient (Wildman–Crippen LogP) is 0.200. The number of aliphatic hydroxyl groups is 1. The third-order valence-electron chi connectivity index (χ3n) is 4.83. The maximum absolute atomic E-state index is 12.1. The first-order chi connectivity index (χ1) is 12.5. The van der Waals surface area contributed by atoms with Crippen molar-refractivity contribution in [1.82, 2.24) is 24.6 Å². The van der Waals surface area contributed by atoms with Gasteiger partial charge in [0, 0.05) is 43.0 Å². The number of nitrogens with one attached hydrogen (secondary N) is 2. The van der Waals surface area contributed by atoms with E-state index in [0.717, 1.165) is 12.1 Å². The molecule has 0 bridgehead atoms. The lowest BCUT2D eigenvalue weighted by atomic mass is 9.91. The topological polar surface area (TPSA) is 119 Å². The van der Waals surface area contributed by atoms with Crippen molar-refractivity contribution < 1.29 is 5.11 Å². The van der Waals surface area contributed by atoms with Crippen LogP contribution in [0.4, 0.5) is 5.69 Å². The number of aromatic nitrogens is 5. The Balaban J connectivity index is 1.84. The fourth-order valence-corrected chi connectivity index (χ4v) is 3.59. The quantitative estimate of drug-likeness (QED) is 0.560. The standard InChI is InChI=1S/C16H17ClN6O3/c17-7-16(9-24)1-3-22(8-16)12-5-11(21-23-4-2-18-13(12)23)10-6-19-15(26)20-14(10)25/h2,4-6,24H,1,3,7-9H2,(H2,19,20,25,26). The van der Waals surface area contributed by atoms with Gasteiger partial charge in [0.1, 0.15) is 5.69 Å². The van der Waals surface area contributed by atoms with Crippen LogP contribution in [0.3, 0.4) is 0 Å². The molecule has 4 rings (SSSR count). The van der Waals surface area contributed by atoms with Crippen molar-refractivity contribution in [2.45, 2.75) is 6.42 Å². The molecule has 4 heterocycles. The average Bonchev–Trinajstić information content (AvgIpc) is 3.28. The van der Waals surface area contributed by atoms with Crippen LogP contribution in [0.25, 0.3) is 16.9 Å². The van der Waals surface area contributed by atoms with E-state index in [0.29, 0.717) is 30.3 Å². The lowest BCUT2D eigenvalue weighted by Gasteiger charge is -2.25. The summed E-state index contributed by atoms with van der Waals surface area (Å²) < 4.78 is 1.59. The second-order valence-electron chi connectivity index (χ2n) is 6.56. The van der Waals surface area contributed by atoms with Crippen LogP contribution in [0.2, 0.25) is 0 Å². The molecule has 1 fully saturated rings. The third kappa shape index (κ3) is 2.69. The number of imidazole rings is 1. The van der Waals surface area contributed by atoms with E-state index in [-0.39, 0.29) is 17.6 Å². The molecule has 136 valence electrons. The van der Waals surface area contributed by atoms with Gasteiger partial charge in [0.25, 0.3) is 5.56 Å². The van der Waals surface area contributed by atoms with E-state index in [4.69, 9.17) is 11.6 Å². The molecule has 1 saturated heterocycles. The molecule has 1 atom stereocenters. The number of H-pyrrole nitrogens is 2. The predicted molar refractivity (Wildman–Crippen MR) is 96.7 cm³/mol.